The number of carbonyl (C=O) groups is 4. The Balaban J connectivity index is 1.20. The molecule has 0 bridgehead atoms. The third-order valence-electron chi connectivity index (χ3n) is 8.25. The third-order valence-corrected chi connectivity index (χ3v) is 8.25. The number of amides is 6. The third kappa shape index (κ3) is 8.56. The molecular weight excluding hydrogens is 636 g/mol. The number of fused-ring (bicyclic) bond motifs is 1. The highest BCUT2D eigenvalue weighted by atomic mass is 16.2. The Hall–Kier alpha value is -5.92. The van der Waals surface area contributed by atoms with E-state index in [0.29, 0.717) is 61.0 Å². The Morgan fingerprint density at radius 3 is 1.78 bits per heavy atom. The van der Waals surface area contributed by atoms with Crippen molar-refractivity contribution < 1.29 is 19.2 Å². The Morgan fingerprint density at radius 1 is 0.760 bits per heavy atom. The van der Waals surface area contributed by atoms with Crippen LogP contribution in [0.15, 0.2) is 66.9 Å². The van der Waals surface area contributed by atoms with E-state index in [9.17, 15) is 19.2 Å². The van der Waals surface area contributed by atoms with Gasteiger partial charge in [-0.15, -0.1) is 0 Å². The Labute approximate surface area is 291 Å². The topological polar surface area (TPSA) is 157 Å². The molecule has 5 rings (SSSR count). The van der Waals surface area contributed by atoms with Gasteiger partial charge in [-0.05, 0) is 61.4 Å². The van der Waals surface area contributed by atoms with Crippen LogP contribution in [0.2, 0.25) is 0 Å². The molecule has 0 saturated carbocycles. The number of carbonyl (C=O) groups excluding carboxylic acids is 4. The monoisotopic (exact) mass is 680 g/mol. The average molecular weight is 681 g/mol. The molecule has 3 heterocycles. The largest absolute Gasteiger partial charge is 0.352 e. The molecule has 0 fully saturated rings. The number of nitrogens with one attached hydrogen (secondary N) is 4. The standard InChI is InChI=1S/C36H44N10O4/c1-23(2)46-30-17-18-45(22-29(30)32(42-46)34(48)39-20-25-9-14-28(15-10-25)41-36(50)44(5)6)31-16-11-26(21-37-31)33(47)38-19-24-7-12-27(13-8-24)40-35(49)43(3)4/h7-16,21,23H,17-20,22H2,1-6H3,(H,38,47)(H,39,48)(H,40,49)(H,41,50). The molecule has 0 unspecified atom stereocenters. The van der Waals surface area contributed by atoms with Crippen LogP contribution in [0.5, 0.6) is 0 Å². The summed E-state index contributed by atoms with van der Waals surface area (Å²) >= 11 is 0. The Morgan fingerprint density at radius 2 is 1.30 bits per heavy atom. The second-order valence-electron chi connectivity index (χ2n) is 12.8. The summed E-state index contributed by atoms with van der Waals surface area (Å²) in [5, 5.41) is 16.2. The zero-order valence-electron chi connectivity index (χ0n) is 29.3. The summed E-state index contributed by atoms with van der Waals surface area (Å²) in [6.45, 7) is 5.86. The number of aromatic nitrogens is 3. The highest BCUT2D eigenvalue weighted by Gasteiger charge is 2.29. The van der Waals surface area contributed by atoms with Gasteiger partial charge in [0.15, 0.2) is 5.69 Å². The summed E-state index contributed by atoms with van der Waals surface area (Å²) in [5.74, 6) is 0.188. The summed E-state index contributed by atoms with van der Waals surface area (Å²) in [6, 6.07) is 17.8. The van der Waals surface area contributed by atoms with Crippen molar-refractivity contribution in [2.45, 2.75) is 45.9 Å². The predicted octanol–water partition coefficient (Wildman–Crippen LogP) is 4.47. The van der Waals surface area contributed by atoms with Crippen molar-refractivity contribution in [1.82, 2.24) is 35.2 Å². The summed E-state index contributed by atoms with van der Waals surface area (Å²) in [5.41, 5.74) is 5.83. The van der Waals surface area contributed by atoms with E-state index in [-0.39, 0.29) is 29.9 Å². The lowest BCUT2D eigenvalue weighted by Gasteiger charge is -2.29. The van der Waals surface area contributed by atoms with Crippen LogP contribution < -0.4 is 26.2 Å². The van der Waals surface area contributed by atoms with Crippen molar-refractivity contribution >= 4 is 41.1 Å². The van der Waals surface area contributed by atoms with E-state index in [1.54, 1.807) is 64.7 Å². The SMILES string of the molecule is CC(C)n1nc(C(=O)NCc2ccc(NC(=O)N(C)C)cc2)c2c1CCN(c1ccc(C(=O)NCc3ccc(NC(=O)N(C)C)cc3)cn1)C2. The Kier molecular flexibility index (Phi) is 11.0. The second-order valence-corrected chi connectivity index (χ2v) is 12.8. The first-order valence-electron chi connectivity index (χ1n) is 16.4. The first kappa shape index (κ1) is 35.4. The van der Waals surface area contributed by atoms with Crippen molar-refractivity contribution in [1.29, 1.82) is 0 Å². The van der Waals surface area contributed by atoms with Crippen LogP contribution in [0.3, 0.4) is 0 Å². The normalized spacial score (nSPS) is 12.2. The van der Waals surface area contributed by atoms with Crippen LogP contribution in [0, 0.1) is 0 Å². The summed E-state index contributed by atoms with van der Waals surface area (Å²) in [7, 11) is 6.69. The molecule has 4 aromatic rings. The van der Waals surface area contributed by atoms with E-state index >= 15 is 0 Å². The quantitative estimate of drug-likeness (QED) is 0.193. The fourth-order valence-electron chi connectivity index (χ4n) is 5.39. The van der Waals surface area contributed by atoms with Crippen LogP contribution in [0.4, 0.5) is 26.8 Å². The van der Waals surface area contributed by atoms with Gasteiger partial charge in [-0.3, -0.25) is 14.3 Å². The van der Waals surface area contributed by atoms with Gasteiger partial charge in [0.05, 0.1) is 5.56 Å². The van der Waals surface area contributed by atoms with Crippen molar-refractivity contribution in [3.05, 3.63) is 101 Å². The molecular formula is C36H44N10O4. The maximum atomic E-state index is 13.5. The molecule has 14 nitrogen and oxygen atoms in total. The van der Waals surface area contributed by atoms with E-state index in [0.717, 1.165) is 22.4 Å². The fourth-order valence-corrected chi connectivity index (χ4v) is 5.39. The van der Waals surface area contributed by atoms with Gasteiger partial charge in [-0.1, -0.05) is 24.3 Å². The lowest BCUT2D eigenvalue weighted by molar-refractivity contribution is 0.0938. The molecule has 0 spiro atoms. The number of nitrogens with zero attached hydrogens (tertiary/aromatic N) is 6. The number of anilines is 3. The van der Waals surface area contributed by atoms with Crippen LogP contribution in [0.25, 0.3) is 0 Å². The lowest BCUT2D eigenvalue weighted by atomic mass is 10.0. The van der Waals surface area contributed by atoms with Crippen LogP contribution in [-0.4, -0.2) is 83.2 Å². The molecule has 6 amide bonds. The Bertz CT molecular complexity index is 1830. The molecule has 0 radical (unpaired) electrons. The van der Waals surface area contributed by atoms with Crippen molar-refractivity contribution in [3.8, 4) is 0 Å². The number of urea groups is 2. The maximum absolute atomic E-state index is 13.5. The van der Waals surface area contributed by atoms with E-state index in [4.69, 9.17) is 5.10 Å². The molecule has 50 heavy (non-hydrogen) atoms. The fraction of sp³-hybridized carbons (Fsp3) is 0.333. The first-order valence-corrected chi connectivity index (χ1v) is 16.4. The molecule has 262 valence electrons. The summed E-state index contributed by atoms with van der Waals surface area (Å²) in [6.07, 6.45) is 2.25. The number of rotatable bonds is 10. The van der Waals surface area contributed by atoms with Gasteiger partial charge in [0.1, 0.15) is 5.82 Å². The minimum absolute atomic E-state index is 0.0829. The van der Waals surface area contributed by atoms with Gasteiger partial charge >= 0.3 is 12.1 Å². The molecule has 1 aliphatic rings. The van der Waals surface area contributed by atoms with Crippen LogP contribution in [0.1, 0.15) is 63.1 Å². The smallest absolute Gasteiger partial charge is 0.321 e. The van der Waals surface area contributed by atoms with Crippen molar-refractivity contribution in [2.24, 2.45) is 0 Å². The molecule has 1 aliphatic heterocycles. The van der Waals surface area contributed by atoms with E-state index in [1.165, 1.54) is 9.80 Å². The molecule has 2 aromatic heterocycles. The van der Waals surface area contributed by atoms with Crippen molar-refractivity contribution in [3.63, 3.8) is 0 Å². The van der Waals surface area contributed by atoms with E-state index < -0.39 is 0 Å². The zero-order valence-corrected chi connectivity index (χ0v) is 29.3. The van der Waals surface area contributed by atoms with Crippen molar-refractivity contribution in [2.75, 3.05) is 50.3 Å². The minimum Gasteiger partial charge on any atom is -0.352 e. The molecule has 0 saturated heterocycles. The average Bonchev–Trinajstić information content (AvgIpc) is 3.50. The second kappa shape index (κ2) is 15.5. The van der Waals surface area contributed by atoms with Crippen LogP contribution in [-0.2, 0) is 26.1 Å². The highest BCUT2D eigenvalue weighted by molar-refractivity contribution is 5.95. The zero-order chi connectivity index (χ0) is 35.9. The molecule has 4 N–H and O–H groups in total. The number of hydrogen-bond acceptors (Lipinski definition) is 7. The van der Waals surface area contributed by atoms with E-state index in [2.05, 4.69) is 31.2 Å². The van der Waals surface area contributed by atoms with Gasteiger partial charge in [0, 0.05) is 95.7 Å². The lowest BCUT2D eigenvalue weighted by Crippen LogP contribution is -2.33. The van der Waals surface area contributed by atoms with Gasteiger partial charge in [-0.25, -0.2) is 14.6 Å². The molecule has 14 heteroatoms. The van der Waals surface area contributed by atoms with Gasteiger partial charge in [0.25, 0.3) is 11.8 Å². The van der Waals surface area contributed by atoms with Gasteiger partial charge in [-0.2, -0.15) is 5.10 Å². The summed E-state index contributed by atoms with van der Waals surface area (Å²) < 4.78 is 1.93. The number of hydrogen-bond donors (Lipinski definition) is 4. The highest BCUT2D eigenvalue weighted by Crippen LogP contribution is 2.28. The van der Waals surface area contributed by atoms with E-state index in [1.807, 2.05) is 48.9 Å². The number of pyridine rings is 1. The van der Waals surface area contributed by atoms with Crippen LogP contribution >= 0.6 is 0 Å². The molecule has 0 atom stereocenters. The minimum atomic E-state index is -0.263. The first-order chi connectivity index (χ1) is 23.9. The summed E-state index contributed by atoms with van der Waals surface area (Å²) in [4.78, 5) is 59.7. The predicted molar refractivity (Wildman–Crippen MR) is 192 cm³/mol. The number of benzene rings is 2. The maximum Gasteiger partial charge on any atom is 0.321 e. The van der Waals surface area contributed by atoms with Gasteiger partial charge in [0.2, 0.25) is 0 Å². The van der Waals surface area contributed by atoms with Gasteiger partial charge < -0.3 is 36.0 Å². The molecule has 2 aromatic carbocycles. The molecule has 0 aliphatic carbocycles.